The molecule has 1 aromatic rings. The lowest BCUT2D eigenvalue weighted by atomic mass is 10.1. The van der Waals surface area contributed by atoms with Crippen LogP contribution in [0.2, 0.25) is 0 Å². The van der Waals surface area contributed by atoms with Crippen molar-refractivity contribution in [3.05, 3.63) is 33.4 Å². The third kappa shape index (κ3) is 2.97. The van der Waals surface area contributed by atoms with Crippen molar-refractivity contribution in [2.24, 2.45) is 0 Å². The summed E-state index contributed by atoms with van der Waals surface area (Å²) in [6.45, 7) is 0. The molecule has 0 bridgehead atoms. The quantitative estimate of drug-likeness (QED) is 0.154. The molecule has 1 aromatic carbocycles. The number of carboxylic acids is 2. The molecule has 4 N–H and O–H groups in total. The molecule has 0 amide bonds. The van der Waals surface area contributed by atoms with Gasteiger partial charge in [0.05, 0.1) is 4.92 Å². The number of nitrogens with zero attached hydrogens (tertiary/aromatic N) is 1. The number of hydrogen-bond donors (Lipinski definition) is 4. The Hall–Kier alpha value is -3.10. The number of aromatic hydroxyl groups is 2. The van der Waals surface area contributed by atoms with Crippen LogP contribution in [0.1, 0.15) is 5.56 Å². The van der Waals surface area contributed by atoms with Gasteiger partial charge in [-0.1, -0.05) is 0 Å². The number of phenols is 2. The Morgan fingerprint density at radius 3 is 2.11 bits per heavy atom. The minimum Gasteiger partial charge on any atom is -0.504 e. The molecule has 0 saturated heterocycles. The zero-order valence-electron chi connectivity index (χ0n) is 9.10. The number of rotatable bonds is 4. The van der Waals surface area contributed by atoms with Crippen molar-refractivity contribution in [2.45, 2.75) is 0 Å². The van der Waals surface area contributed by atoms with Crippen molar-refractivity contribution >= 4 is 23.7 Å². The van der Waals surface area contributed by atoms with Crippen LogP contribution in [0.4, 0.5) is 5.69 Å². The van der Waals surface area contributed by atoms with Crippen LogP contribution >= 0.6 is 0 Å². The van der Waals surface area contributed by atoms with E-state index in [9.17, 15) is 29.9 Å². The summed E-state index contributed by atoms with van der Waals surface area (Å²) in [5, 5.41) is 46.2. The van der Waals surface area contributed by atoms with Gasteiger partial charge in [0.25, 0.3) is 0 Å². The van der Waals surface area contributed by atoms with E-state index in [-0.39, 0.29) is 5.56 Å². The summed E-state index contributed by atoms with van der Waals surface area (Å²) < 4.78 is 0. The predicted octanol–water partition coefficient (Wildman–Crippen LogP) is 0.559. The first kappa shape index (κ1) is 14.0. The Balaban J connectivity index is 3.44. The number of nitro groups is 1. The van der Waals surface area contributed by atoms with E-state index in [2.05, 4.69) is 0 Å². The molecule has 0 radical (unpaired) electrons. The summed E-state index contributed by atoms with van der Waals surface area (Å²) in [6.07, 6.45) is 0.622. The maximum Gasteiger partial charge on any atom is 0.343 e. The van der Waals surface area contributed by atoms with E-state index in [1.54, 1.807) is 0 Å². The monoisotopic (exact) mass is 269 g/mol. The molecule has 0 aliphatic rings. The summed E-state index contributed by atoms with van der Waals surface area (Å²) in [6, 6.07) is 1.54. The minimum absolute atomic E-state index is 0.248. The van der Waals surface area contributed by atoms with Gasteiger partial charge in [0.1, 0.15) is 5.57 Å². The largest absolute Gasteiger partial charge is 0.504 e. The molecule has 0 saturated carbocycles. The predicted molar refractivity (Wildman–Crippen MR) is 59.7 cm³/mol. The van der Waals surface area contributed by atoms with Crippen LogP contribution in [-0.4, -0.2) is 37.3 Å². The van der Waals surface area contributed by atoms with Gasteiger partial charge in [0, 0.05) is 6.07 Å². The highest BCUT2D eigenvalue weighted by atomic mass is 16.6. The van der Waals surface area contributed by atoms with E-state index in [0.29, 0.717) is 6.08 Å². The molecule has 0 aliphatic carbocycles. The van der Waals surface area contributed by atoms with Crippen molar-refractivity contribution in [3.8, 4) is 11.5 Å². The molecule has 0 aliphatic heterocycles. The molecule has 0 atom stereocenters. The average Bonchev–Trinajstić information content (AvgIpc) is 2.28. The smallest absolute Gasteiger partial charge is 0.343 e. The normalized spacial score (nSPS) is 9.68. The van der Waals surface area contributed by atoms with E-state index < -0.39 is 39.6 Å². The van der Waals surface area contributed by atoms with Crippen molar-refractivity contribution in [1.29, 1.82) is 0 Å². The molecule has 19 heavy (non-hydrogen) atoms. The lowest BCUT2D eigenvalue weighted by Gasteiger charge is -2.02. The zero-order valence-corrected chi connectivity index (χ0v) is 9.10. The van der Waals surface area contributed by atoms with Crippen LogP contribution in [0.3, 0.4) is 0 Å². The minimum atomic E-state index is -1.75. The standard InChI is InChI=1S/C10H7NO8/c12-7-3-4(1-5(9(14)15)10(16)17)2-6(8(7)13)11(18)19/h1-3,12-13H,(H,14,15)(H,16,17). The number of hydrogen-bond acceptors (Lipinski definition) is 6. The van der Waals surface area contributed by atoms with Crippen LogP contribution in [0.5, 0.6) is 11.5 Å². The Bertz CT molecular complexity index is 588. The maximum atomic E-state index is 10.6. The molecule has 0 fully saturated rings. The number of carboxylic acid groups (broad SMARTS) is 2. The second-order valence-corrected chi connectivity index (χ2v) is 3.33. The van der Waals surface area contributed by atoms with E-state index >= 15 is 0 Å². The highest BCUT2D eigenvalue weighted by molar-refractivity contribution is 6.16. The zero-order chi connectivity index (χ0) is 14.7. The van der Waals surface area contributed by atoms with E-state index in [4.69, 9.17) is 10.2 Å². The summed E-state index contributed by atoms with van der Waals surface area (Å²) in [5.74, 6) is -5.35. The molecular formula is C10H7NO8. The second-order valence-electron chi connectivity index (χ2n) is 3.33. The van der Waals surface area contributed by atoms with Gasteiger partial charge >= 0.3 is 17.6 Å². The van der Waals surface area contributed by atoms with Gasteiger partial charge in [-0.05, 0) is 17.7 Å². The third-order valence-corrected chi connectivity index (χ3v) is 2.06. The van der Waals surface area contributed by atoms with Crippen LogP contribution in [0, 0.1) is 10.1 Å². The molecule has 0 aromatic heterocycles. The molecule has 0 spiro atoms. The average molecular weight is 269 g/mol. The van der Waals surface area contributed by atoms with Crippen molar-refractivity contribution < 1.29 is 34.9 Å². The van der Waals surface area contributed by atoms with Gasteiger partial charge in [0.2, 0.25) is 5.75 Å². The molecule has 9 nitrogen and oxygen atoms in total. The Labute approximate surface area is 104 Å². The van der Waals surface area contributed by atoms with Crippen molar-refractivity contribution in [3.63, 3.8) is 0 Å². The fourth-order valence-electron chi connectivity index (χ4n) is 1.23. The summed E-state index contributed by atoms with van der Waals surface area (Å²) in [7, 11) is 0. The topological polar surface area (TPSA) is 158 Å². The molecule has 0 unspecified atom stereocenters. The molecule has 100 valence electrons. The van der Waals surface area contributed by atoms with Crippen LogP contribution in [0.15, 0.2) is 17.7 Å². The third-order valence-electron chi connectivity index (χ3n) is 2.06. The van der Waals surface area contributed by atoms with Gasteiger partial charge in [-0.15, -0.1) is 0 Å². The van der Waals surface area contributed by atoms with Crippen LogP contribution in [-0.2, 0) is 9.59 Å². The van der Waals surface area contributed by atoms with Gasteiger partial charge < -0.3 is 20.4 Å². The fraction of sp³-hybridized carbons (Fsp3) is 0. The highest BCUT2D eigenvalue weighted by Crippen LogP contribution is 2.36. The van der Waals surface area contributed by atoms with Crippen LogP contribution in [0.25, 0.3) is 6.08 Å². The van der Waals surface area contributed by atoms with E-state index in [1.165, 1.54) is 0 Å². The molecule has 0 heterocycles. The van der Waals surface area contributed by atoms with E-state index in [0.717, 1.165) is 12.1 Å². The number of carbonyl (C=O) groups is 2. The SMILES string of the molecule is O=C(O)C(=Cc1cc(O)c(O)c([N+](=O)[O-])c1)C(=O)O. The number of nitro benzene ring substituents is 1. The van der Waals surface area contributed by atoms with Gasteiger partial charge in [-0.25, -0.2) is 9.59 Å². The molecular weight excluding hydrogens is 262 g/mol. The van der Waals surface area contributed by atoms with Gasteiger partial charge in [0.15, 0.2) is 5.75 Å². The van der Waals surface area contributed by atoms with Gasteiger partial charge in [-0.3, -0.25) is 10.1 Å². The Morgan fingerprint density at radius 2 is 1.68 bits per heavy atom. The Morgan fingerprint density at radius 1 is 1.16 bits per heavy atom. The number of benzene rings is 1. The second kappa shape index (κ2) is 5.04. The first-order chi connectivity index (χ1) is 8.73. The lowest BCUT2D eigenvalue weighted by molar-refractivity contribution is -0.386. The van der Waals surface area contributed by atoms with Crippen molar-refractivity contribution in [2.75, 3.05) is 0 Å². The first-order valence-electron chi connectivity index (χ1n) is 4.62. The Kier molecular flexibility index (Phi) is 3.70. The number of phenolic OH excluding ortho intramolecular Hbond substituents is 2. The van der Waals surface area contributed by atoms with E-state index in [1.807, 2.05) is 0 Å². The van der Waals surface area contributed by atoms with Gasteiger partial charge in [-0.2, -0.15) is 0 Å². The highest BCUT2D eigenvalue weighted by Gasteiger charge is 2.21. The number of aliphatic carboxylic acids is 2. The summed E-state index contributed by atoms with van der Waals surface area (Å²) >= 11 is 0. The fourth-order valence-corrected chi connectivity index (χ4v) is 1.23. The molecule has 9 heteroatoms. The summed E-state index contributed by atoms with van der Waals surface area (Å²) in [5.41, 5.74) is -2.16. The first-order valence-corrected chi connectivity index (χ1v) is 4.62. The molecule has 1 rings (SSSR count). The summed E-state index contributed by atoms with van der Waals surface area (Å²) in [4.78, 5) is 30.8. The maximum absolute atomic E-state index is 10.6. The van der Waals surface area contributed by atoms with Crippen molar-refractivity contribution in [1.82, 2.24) is 0 Å². The lowest BCUT2D eigenvalue weighted by Crippen LogP contribution is -2.10. The van der Waals surface area contributed by atoms with Crippen LogP contribution < -0.4 is 0 Å².